The average Bonchev–Trinajstić information content (AvgIpc) is 3.75. The summed E-state index contributed by atoms with van der Waals surface area (Å²) < 4.78 is 56.7. The van der Waals surface area contributed by atoms with Crippen LogP contribution >= 0.6 is 0 Å². The van der Waals surface area contributed by atoms with Crippen LogP contribution in [0.4, 0.5) is 45.2 Å². The zero-order valence-corrected chi connectivity index (χ0v) is 23.0. The number of amides is 2. The summed E-state index contributed by atoms with van der Waals surface area (Å²) >= 11 is 0. The molecule has 0 spiro atoms. The number of hydrogen-bond acceptors (Lipinski definition) is 7. The van der Waals surface area contributed by atoms with Crippen LogP contribution in [0.1, 0.15) is 35.1 Å². The van der Waals surface area contributed by atoms with Crippen molar-refractivity contribution < 1.29 is 22.4 Å². The van der Waals surface area contributed by atoms with Gasteiger partial charge in [0.05, 0.1) is 22.5 Å². The average molecular weight is 585 g/mol. The van der Waals surface area contributed by atoms with Crippen LogP contribution in [-0.2, 0) is 12.7 Å². The van der Waals surface area contributed by atoms with Crippen LogP contribution in [0.3, 0.4) is 0 Å². The van der Waals surface area contributed by atoms with E-state index < -0.39 is 23.6 Å². The van der Waals surface area contributed by atoms with Crippen LogP contribution in [0, 0.1) is 11.2 Å². The topological polar surface area (TPSA) is 122 Å². The summed E-state index contributed by atoms with van der Waals surface area (Å²) in [7, 11) is 1.97. The van der Waals surface area contributed by atoms with Crippen molar-refractivity contribution in [1.29, 1.82) is 5.41 Å². The molecule has 1 aromatic heterocycles. The number of carbonyl (C=O) groups excluding carboxylic acids is 1. The van der Waals surface area contributed by atoms with Gasteiger partial charge in [0.15, 0.2) is 0 Å². The number of carbonyl (C=O) groups is 1. The minimum absolute atomic E-state index is 0.0463. The number of nitrogen functional groups attached to an aromatic ring is 1. The van der Waals surface area contributed by atoms with Crippen molar-refractivity contribution in [2.45, 2.75) is 31.6 Å². The van der Waals surface area contributed by atoms with Crippen molar-refractivity contribution in [1.82, 2.24) is 14.8 Å². The third kappa shape index (κ3) is 6.97. The fraction of sp³-hybridized carbons (Fsp3) is 0.345. The molecule has 0 atom stereocenters. The first-order valence-electron chi connectivity index (χ1n) is 13.6. The summed E-state index contributed by atoms with van der Waals surface area (Å²) in [6, 6.07) is 8.53. The number of nitrogens with zero attached hydrogens (tertiary/aromatic N) is 3. The van der Waals surface area contributed by atoms with E-state index in [2.05, 4.69) is 25.8 Å². The van der Waals surface area contributed by atoms with E-state index >= 15 is 4.39 Å². The highest BCUT2D eigenvalue weighted by molar-refractivity contribution is 6.17. The van der Waals surface area contributed by atoms with E-state index in [-0.39, 0.29) is 40.6 Å². The van der Waals surface area contributed by atoms with Gasteiger partial charge >= 0.3 is 12.2 Å². The predicted molar refractivity (Wildman–Crippen MR) is 154 cm³/mol. The third-order valence-corrected chi connectivity index (χ3v) is 7.34. The number of anilines is 4. The molecule has 1 saturated heterocycles. The molecule has 13 heteroatoms. The molecule has 5 rings (SSSR count). The second-order valence-corrected chi connectivity index (χ2v) is 10.6. The largest absolute Gasteiger partial charge is 0.416 e. The first-order valence-corrected chi connectivity index (χ1v) is 13.6. The summed E-state index contributed by atoms with van der Waals surface area (Å²) in [6.45, 7) is 3.01. The highest BCUT2D eigenvalue weighted by Gasteiger charge is 2.34. The van der Waals surface area contributed by atoms with Crippen LogP contribution < -0.4 is 21.7 Å². The molecule has 9 nitrogen and oxygen atoms in total. The summed E-state index contributed by atoms with van der Waals surface area (Å²) in [6.07, 6.45) is -1.08. The van der Waals surface area contributed by atoms with Crippen molar-refractivity contribution in [3.8, 4) is 0 Å². The Balaban J connectivity index is 1.27. The van der Waals surface area contributed by atoms with E-state index in [1.165, 1.54) is 30.5 Å². The molecular weight excluding hydrogens is 552 g/mol. The molecule has 2 aliphatic rings. The van der Waals surface area contributed by atoms with Crippen molar-refractivity contribution in [3.05, 3.63) is 76.7 Å². The minimum Gasteiger partial charge on any atom is -0.383 e. The number of likely N-dealkylation sites (N-methyl/N-ethyl adjacent to an activating group) is 1. The zero-order chi connectivity index (χ0) is 30.0. The molecule has 2 fully saturated rings. The van der Waals surface area contributed by atoms with Gasteiger partial charge in [0.2, 0.25) is 0 Å². The molecule has 1 aliphatic carbocycles. The van der Waals surface area contributed by atoms with E-state index in [9.17, 15) is 18.0 Å². The van der Waals surface area contributed by atoms with Gasteiger partial charge in [-0.05, 0) is 55.8 Å². The van der Waals surface area contributed by atoms with Crippen LogP contribution in [0.5, 0.6) is 0 Å². The molecule has 2 aromatic carbocycles. The molecule has 0 unspecified atom stereocenters. The van der Waals surface area contributed by atoms with Gasteiger partial charge in [-0.25, -0.2) is 14.2 Å². The highest BCUT2D eigenvalue weighted by atomic mass is 19.4. The lowest BCUT2D eigenvalue weighted by atomic mass is 10.0. The van der Waals surface area contributed by atoms with E-state index in [1.54, 1.807) is 6.07 Å². The molecule has 222 valence electrons. The molecule has 2 heterocycles. The first kappa shape index (κ1) is 29.3. The van der Waals surface area contributed by atoms with Gasteiger partial charge < -0.3 is 26.6 Å². The normalized spacial score (nSPS) is 16.2. The SMILES string of the molecule is CN1CCN(Cc2ccc(NC(=O)Nc3ccc(C(=N)c4c(NC5CC5)ccnc4N)cc3F)cc2C(F)(F)F)CC1. The zero-order valence-electron chi connectivity index (χ0n) is 23.0. The Labute approximate surface area is 240 Å². The van der Waals surface area contributed by atoms with E-state index in [0.717, 1.165) is 38.1 Å². The van der Waals surface area contributed by atoms with Crippen LogP contribution in [0.2, 0.25) is 0 Å². The molecule has 1 saturated carbocycles. The quantitative estimate of drug-likeness (QED) is 0.183. The highest BCUT2D eigenvalue weighted by Crippen LogP contribution is 2.35. The van der Waals surface area contributed by atoms with Crippen LogP contribution in [0.15, 0.2) is 48.7 Å². The maximum absolute atomic E-state index is 15.0. The Hall–Kier alpha value is -4.23. The fourth-order valence-electron chi connectivity index (χ4n) is 4.81. The predicted octanol–water partition coefficient (Wildman–Crippen LogP) is 5.20. The number of aromatic nitrogens is 1. The second-order valence-electron chi connectivity index (χ2n) is 10.6. The van der Waals surface area contributed by atoms with Gasteiger partial charge in [0.25, 0.3) is 0 Å². The number of nitrogens with two attached hydrogens (primary N) is 1. The van der Waals surface area contributed by atoms with E-state index in [0.29, 0.717) is 30.4 Å². The van der Waals surface area contributed by atoms with Gasteiger partial charge in [-0.2, -0.15) is 13.2 Å². The maximum Gasteiger partial charge on any atom is 0.416 e. The smallest absolute Gasteiger partial charge is 0.383 e. The fourth-order valence-corrected chi connectivity index (χ4v) is 4.81. The van der Waals surface area contributed by atoms with Crippen molar-refractivity contribution >= 4 is 34.6 Å². The number of hydrogen-bond donors (Lipinski definition) is 5. The summed E-state index contributed by atoms with van der Waals surface area (Å²) in [5.41, 5.74) is 6.17. The number of benzene rings is 2. The number of halogens is 4. The molecule has 6 N–H and O–H groups in total. The van der Waals surface area contributed by atoms with Crippen LogP contribution in [-0.4, -0.2) is 65.8 Å². The Kier molecular flexibility index (Phi) is 8.32. The van der Waals surface area contributed by atoms with Gasteiger partial charge in [-0.3, -0.25) is 10.3 Å². The number of alkyl halides is 3. The number of pyridine rings is 1. The molecule has 1 aliphatic heterocycles. The first-order chi connectivity index (χ1) is 20.0. The second kappa shape index (κ2) is 11.9. The van der Waals surface area contributed by atoms with Gasteiger partial charge in [-0.15, -0.1) is 0 Å². The Morgan fingerprint density at radius 3 is 2.45 bits per heavy atom. The summed E-state index contributed by atoms with van der Waals surface area (Å²) in [5, 5.41) is 16.6. The molecule has 2 amide bonds. The number of piperazine rings is 1. The molecule has 3 aromatic rings. The molecule has 42 heavy (non-hydrogen) atoms. The lowest BCUT2D eigenvalue weighted by Crippen LogP contribution is -2.44. The van der Waals surface area contributed by atoms with Gasteiger partial charge in [0, 0.05) is 61.9 Å². The van der Waals surface area contributed by atoms with Crippen LogP contribution in [0.25, 0.3) is 0 Å². The molecule has 0 bridgehead atoms. The lowest BCUT2D eigenvalue weighted by Gasteiger charge is -2.33. The lowest BCUT2D eigenvalue weighted by molar-refractivity contribution is -0.138. The van der Waals surface area contributed by atoms with Crippen molar-refractivity contribution in [2.24, 2.45) is 0 Å². The van der Waals surface area contributed by atoms with Crippen molar-refractivity contribution in [2.75, 3.05) is 54.9 Å². The van der Waals surface area contributed by atoms with E-state index in [1.807, 2.05) is 11.9 Å². The summed E-state index contributed by atoms with van der Waals surface area (Å²) in [4.78, 5) is 20.7. The van der Waals surface area contributed by atoms with Gasteiger partial charge in [-0.1, -0.05) is 12.1 Å². The third-order valence-electron chi connectivity index (χ3n) is 7.34. The maximum atomic E-state index is 15.0. The summed E-state index contributed by atoms with van der Waals surface area (Å²) in [5.74, 6) is -0.703. The Morgan fingerprint density at radius 2 is 1.79 bits per heavy atom. The molecular formula is C29H32F4N8O. The number of urea groups is 1. The monoisotopic (exact) mass is 584 g/mol. The number of rotatable bonds is 8. The number of nitrogens with one attached hydrogen (secondary N) is 4. The van der Waals surface area contributed by atoms with Crippen molar-refractivity contribution in [3.63, 3.8) is 0 Å². The standard InChI is InChI=1S/C29H32F4N8O/c1-40-10-12-41(13-11-40)16-18-2-4-20(15-21(18)29(31,32)33)38-28(42)39-23-7-3-17(14-22(23)30)26(34)25-24(37-19-5-6-19)8-9-36-27(25)35/h2-4,7-9,14-15,19,34H,5-6,10-13,16H2,1H3,(H3,35,36,37)(H2,38,39,42). The molecule has 0 radical (unpaired) electrons. The van der Waals surface area contributed by atoms with E-state index in [4.69, 9.17) is 11.1 Å². The Morgan fingerprint density at radius 1 is 1.05 bits per heavy atom. The Bertz CT molecular complexity index is 1480. The van der Waals surface area contributed by atoms with Gasteiger partial charge in [0.1, 0.15) is 11.6 Å². The minimum atomic E-state index is -4.62.